The van der Waals surface area contributed by atoms with Gasteiger partial charge < -0.3 is 4.98 Å². The number of pyridine rings is 1. The summed E-state index contributed by atoms with van der Waals surface area (Å²) in [5, 5.41) is 6.86. The highest BCUT2D eigenvalue weighted by Gasteiger charge is 2.12. The van der Waals surface area contributed by atoms with Crippen molar-refractivity contribution in [1.82, 2.24) is 19.7 Å². The van der Waals surface area contributed by atoms with E-state index < -0.39 is 0 Å². The van der Waals surface area contributed by atoms with Crippen molar-refractivity contribution in [2.24, 2.45) is 5.92 Å². The van der Waals surface area contributed by atoms with Gasteiger partial charge in [0.25, 0.3) is 0 Å². The average Bonchev–Trinajstić information content (AvgIpc) is 2.61. The number of rotatable bonds is 3. The molecule has 0 bridgehead atoms. The molecule has 0 saturated carbocycles. The van der Waals surface area contributed by atoms with Crippen LogP contribution in [0.1, 0.15) is 13.8 Å². The molecule has 17 heavy (non-hydrogen) atoms. The highest BCUT2D eigenvalue weighted by Crippen LogP contribution is 2.13. The minimum Gasteiger partial charge on any atom is -0.367 e. The van der Waals surface area contributed by atoms with Gasteiger partial charge in [0, 0.05) is 25.0 Å². The minimum absolute atomic E-state index is 0.0669. The Balaban J connectivity index is 2.57. The Bertz CT molecular complexity index is 623. The molecular weight excluding hydrogens is 236 g/mol. The highest BCUT2D eigenvalue weighted by molar-refractivity contribution is 7.71. The lowest BCUT2D eigenvalue weighted by Gasteiger charge is -2.08. The molecule has 2 rings (SSSR count). The number of aromatic amines is 2. The molecule has 0 atom stereocenters. The molecule has 6 heteroatoms. The second-order valence-electron chi connectivity index (χ2n) is 4.28. The molecule has 0 aromatic carbocycles. The number of nitrogens with zero attached hydrogens (tertiary/aromatic N) is 2. The number of nitrogens with one attached hydrogen (secondary N) is 2. The molecule has 90 valence electrons. The maximum atomic E-state index is 11.7. The van der Waals surface area contributed by atoms with Crippen molar-refractivity contribution in [1.29, 1.82) is 0 Å². The first-order valence-electron chi connectivity index (χ1n) is 5.42. The first-order valence-corrected chi connectivity index (χ1v) is 5.83. The van der Waals surface area contributed by atoms with E-state index in [1.54, 1.807) is 12.4 Å². The number of aromatic nitrogens is 4. The van der Waals surface area contributed by atoms with Crippen LogP contribution in [-0.2, 0) is 6.54 Å². The summed E-state index contributed by atoms with van der Waals surface area (Å²) in [6, 6.07) is 1.48. The Labute approximate surface area is 104 Å². The van der Waals surface area contributed by atoms with E-state index in [0.717, 1.165) is 6.54 Å². The van der Waals surface area contributed by atoms with Crippen molar-refractivity contribution < 1.29 is 0 Å². The van der Waals surface area contributed by atoms with Crippen LogP contribution >= 0.6 is 12.2 Å². The van der Waals surface area contributed by atoms with Gasteiger partial charge in [0.2, 0.25) is 0 Å². The molecule has 0 fully saturated rings. The van der Waals surface area contributed by atoms with Gasteiger partial charge in [-0.2, -0.15) is 5.10 Å². The third kappa shape index (κ3) is 2.36. The van der Waals surface area contributed by atoms with E-state index in [-0.39, 0.29) is 5.43 Å². The summed E-state index contributed by atoms with van der Waals surface area (Å²) >= 11 is 5.17. The molecule has 2 aromatic rings. The fourth-order valence-corrected chi connectivity index (χ4v) is 1.86. The van der Waals surface area contributed by atoms with Gasteiger partial charge in [0.15, 0.2) is 16.0 Å². The molecule has 0 aliphatic rings. The van der Waals surface area contributed by atoms with Crippen molar-refractivity contribution in [3.05, 3.63) is 33.5 Å². The zero-order valence-corrected chi connectivity index (χ0v) is 10.5. The standard InChI is InChI=1S/C11H14N4OS/c1-7(2)6-15-10(13-14-11(15)17)8-5-12-4-3-9(8)16/h3-5,7H,6H2,1-2H3,(H,12,16)(H,14,17). The maximum absolute atomic E-state index is 11.7. The molecule has 0 aliphatic carbocycles. The van der Waals surface area contributed by atoms with Gasteiger partial charge in [0.1, 0.15) is 0 Å². The maximum Gasteiger partial charge on any atom is 0.195 e. The molecule has 0 unspecified atom stereocenters. The second kappa shape index (κ2) is 4.67. The first-order chi connectivity index (χ1) is 8.09. The van der Waals surface area contributed by atoms with Gasteiger partial charge in [0.05, 0.1) is 5.56 Å². The van der Waals surface area contributed by atoms with E-state index in [1.165, 1.54) is 6.07 Å². The normalized spacial score (nSPS) is 11.0. The highest BCUT2D eigenvalue weighted by atomic mass is 32.1. The summed E-state index contributed by atoms with van der Waals surface area (Å²) in [7, 11) is 0. The van der Waals surface area contributed by atoms with Crippen LogP contribution in [0.5, 0.6) is 0 Å². The van der Waals surface area contributed by atoms with Gasteiger partial charge in [-0.05, 0) is 18.1 Å². The van der Waals surface area contributed by atoms with Gasteiger partial charge in [-0.1, -0.05) is 13.8 Å². The largest absolute Gasteiger partial charge is 0.367 e. The Hall–Kier alpha value is -1.69. The van der Waals surface area contributed by atoms with Crippen LogP contribution in [0.4, 0.5) is 0 Å². The molecule has 0 radical (unpaired) electrons. The predicted octanol–water partition coefficient (Wildman–Crippen LogP) is 1.95. The second-order valence-corrected chi connectivity index (χ2v) is 4.67. The molecule has 2 heterocycles. The third-order valence-corrected chi connectivity index (χ3v) is 2.68. The Morgan fingerprint density at radius 1 is 1.53 bits per heavy atom. The summed E-state index contributed by atoms with van der Waals surface area (Å²) in [5.74, 6) is 1.02. The summed E-state index contributed by atoms with van der Waals surface area (Å²) < 4.78 is 2.39. The fraction of sp³-hybridized carbons (Fsp3) is 0.364. The average molecular weight is 250 g/mol. The van der Waals surface area contributed by atoms with Crippen molar-refractivity contribution >= 4 is 12.2 Å². The lowest BCUT2D eigenvalue weighted by molar-refractivity contribution is 0.521. The van der Waals surface area contributed by atoms with Gasteiger partial charge in [-0.3, -0.25) is 14.5 Å². The van der Waals surface area contributed by atoms with E-state index >= 15 is 0 Å². The van der Waals surface area contributed by atoms with Crippen LogP contribution < -0.4 is 5.43 Å². The number of hydrogen-bond donors (Lipinski definition) is 2. The van der Waals surface area contributed by atoms with Gasteiger partial charge in [-0.15, -0.1) is 0 Å². The topological polar surface area (TPSA) is 66.5 Å². The smallest absolute Gasteiger partial charge is 0.195 e. The van der Waals surface area contributed by atoms with E-state index in [4.69, 9.17) is 12.2 Å². The van der Waals surface area contributed by atoms with Crippen LogP contribution in [0.15, 0.2) is 23.3 Å². The summed E-state index contributed by atoms with van der Waals surface area (Å²) in [4.78, 5) is 14.6. The Morgan fingerprint density at radius 3 is 2.94 bits per heavy atom. The van der Waals surface area contributed by atoms with Gasteiger partial charge in [-0.25, -0.2) is 0 Å². The zero-order valence-electron chi connectivity index (χ0n) is 9.73. The van der Waals surface area contributed by atoms with E-state index in [9.17, 15) is 4.79 Å². The van der Waals surface area contributed by atoms with E-state index in [2.05, 4.69) is 29.0 Å². The SMILES string of the molecule is CC(C)Cn1c(-c2c[nH]ccc2=O)n[nH]c1=S. The van der Waals surface area contributed by atoms with Crippen LogP contribution in [-0.4, -0.2) is 19.7 Å². The van der Waals surface area contributed by atoms with Crippen LogP contribution in [0.3, 0.4) is 0 Å². The first kappa shape index (κ1) is 11.8. The lowest BCUT2D eigenvalue weighted by Crippen LogP contribution is -2.11. The summed E-state index contributed by atoms with van der Waals surface area (Å²) in [6.45, 7) is 4.92. The van der Waals surface area contributed by atoms with E-state index in [1.807, 2.05) is 4.57 Å². The van der Waals surface area contributed by atoms with Crippen molar-refractivity contribution in [3.8, 4) is 11.4 Å². The molecule has 0 saturated heterocycles. The molecule has 2 N–H and O–H groups in total. The molecule has 0 amide bonds. The summed E-state index contributed by atoms with van der Waals surface area (Å²) in [6.07, 6.45) is 3.24. The fourth-order valence-electron chi connectivity index (χ4n) is 1.65. The predicted molar refractivity (Wildman–Crippen MR) is 68.3 cm³/mol. The monoisotopic (exact) mass is 250 g/mol. The zero-order chi connectivity index (χ0) is 12.4. The minimum atomic E-state index is -0.0669. The van der Waals surface area contributed by atoms with Crippen molar-refractivity contribution in [2.75, 3.05) is 0 Å². The van der Waals surface area contributed by atoms with Crippen molar-refractivity contribution in [2.45, 2.75) is 20.4 Å². The van der Waals surface area contributed by atoms with Crippen LogP contribution in [0.2, 0.25) is 0 Å². The van der Waals surface area contributed by atoms with Crippen LogP contribution in [0, 0.1) is 10.7 Å². The molecule has 5 nitrogen and oxygen atoms in total. The Morgan fingerprint density at radius 2 is 2.29 bits per heavy atom. The number of H-pyrrole nitrogens is 2. The van der Waals surface area contributed by atoms with E-state index in [0.29, 0.717) is 22.1 Å². The Kier molecular flexibility index (Phi) is 3.23. The van der Waals surface area contributed by atoms with Gasteiger partial charge >= 0.3 is 0 Å². The summed E-state index contributed by atoms with van der Waals surface area (Å²) in [5.41, 5.74) is 0.461. The molecule has 0 aliphatic heterocycles. The van der Waals surface area contributed by atoms with Crippen LogP contribution in [0.25, 0.3) is 11.4 Å². The van der Waals surface area contributed by atoms with Crippen molar-refractivity contribution in [3.63, 3.8) is 0 Å². The number of hydrogen-bond acceptors (Lipinski definition) is 3. The molecular formula is C11H14N4OS. The molecule has 2 aromatic heterocycles. The quantitative estimate of drug-likeness (QED) is 0.818. The lowest BCUT2D eigenvalue weighted by atomic mass is 10.2. The molecule has 0 spiro atoms. The third-order valence-electron chi connectivity index (χ3n) is 2.37.